The van der Waals surface area contributed by atoms with Crippen molar-refractivity contribution in [3.05, 3.63) is 39.7 Å². The smallest absolute Gasteiger partial charge is 0.272 e. The minimum atomic E-state index is -0.516. The second-order valence-electron chi connectivity index (χ2n) is 4.47. The second kappa shape index (κ2) is 4.79. The van der Waals surface area contributed by atoms with Gasteiger partial charge in [-0.2, -0.15) is 0 Å². The Labute approximate surface area is 98.2 Å². The number of nitrogens with zero attached hydrogens (tertiary/aromatic N) is 1. The molecule has 17 heavy (non-hydrogen) atoms. The van der Waals surface area contributed by atoms with E-state index in [1.54, 1.807) is 0 Å². The van der Waals surface area contributed by atoms with Crippen molar-refractivity contribution in [3.8, 4) is 0 Å². The molecule has 1 aliphatic rings. The van der Waals surface area contributed by atoms with Crippen LogP contribution in [0.3, 0.4) is 0 Å². The van der Waals surface area contributed by atoms with Crippen LogP contribution in [0.4, 0.5) is 10.1 Å². The van der Waals surface area contributed by atoms with Crippen molar-refractivity contribution in [1.82, 2.24) is 0 Å². The summed E-state index contributed by atoms with van der Waals surface area (Å²) in [5, 5.41) is 20.4. The Kier molecular flexibility index (Phi) is 3.38. The van der Waals surface area contributed by atoms with Crippen molar-refractivity contribution in [2.75, 3.05) is 0 Å². The van der Waals surface area contributed by atoms with Gasteiger partial charge >= 0.3 is 0 Å². The van der Waals surface area contributed by atoms with E-state index >= 15 is 0 Å². The molecule has 0 aromatic heterocycles. The van der Waals surface area contributed by atoms with Gasteiger partial charge in [0.1, 0.15) is 5.82 Å². The van der Waals surface area contributed by atoms with Crippen LogP contribution in [-0.4, -0.2) is 16.1 Å². The molecule has 92 valence electrons. The standard InChI is InChI=1S/C12H14FNO3/c13-10-4-5-11(14(16)17)9(7-10)3-6-12(15)8-1-2-8/h4-5,7-8,12,15H,1-3,6H2. The molecule has 0 heterocycles. The third kappa shape index (κ3) is 3.00. The van der Waals surface area contributed by atoms with Crippen molar-refractivity contribution in [2.24, 2.45) is 5.92 Å². The van der Waals surface area contributed by atoms with Crippen LogP contribution in [0.25, 0.3) is 0 Å². The Morgan fingerprint density at radius 1 is 1.53 bits per heavy atom. The first kappa shape index (κ1) is 12.0. The Balaban J connectivity index is 2.07. The van der Waals surface area contributed by atoms with Gasteiger partial charge in [-0.05, 0) is 43.7 Å². The van der Waals surface area contributed by atoms with Gasteiger partial charge in [0.05, 0.1) is 11.0 Å². The van der Waals surface area contributed by atoms with E-state index in [1.165, 1.54) is 12.1 Å². The number of halogens is 1. The Hall–Kier alpha value is -1.49. The van der Waals surface area contributed by atoms with Crippen LogP contribution >= 0.6 is 0 Å². The van der Waals surface area contributed by atoms with Crippen molar-refractivity contribution >= 4 is 5.69 Å². The van der Waals surface area contributed by atoms with Crippen LogP contribution in [0.2, 0.25) is 0 Å². The Morgan fingerprint density at radius 3 is 2.82 bits per heavy atom. The Morgan fingerprint density at radius 2 is 2.24 bits per heavy atom. The van der Waals surface area contributed by atoms with Gasteiger partial charge in [-0.3, -0.25) is 10.1 Å². The third-order valence-electron chi connectivity index (χ3n) is 3.11. The maximum Gasteiger partial charge on any atom is 0.272 e. The van der Waals surface area contributed by atoms with Crippen molar-refractivity contribution in [2.45, 2.75) is 31.8 Å². The molecule has 1 aromatic carbocycles. The molecule has 2 rings (SSSR count). The molecular weight excluding hydrogens is 225 g/mol. The summed E-state index contributed by atoms with van der Waals surface area (Å²) < 4.78 is 13.0. The van der Waals surface area contributed by atoms with E-state index in [4.69, 9.17) is 0 Å². The molecular formula is C12H14FNO3. The fourth-order valence-corrected chi connectivity index (χ4v) is 1.95. The number of nitro benzene ring substituents is 1. The molecule has 4 nitrogen and oxygen atoms in total. The van der Waals surface area contributed by atoms with E-state index in [-0.39, 0.29) is 5.69 Å². The van der Waals surface area contributed by atoms with Gasteiger partial charge in [0, 0.05) is 11.6 Å². The zero-order chi connectivity index (χ0) is 12.4. The van der Waals surface area contributed by atoms with Gasteiger partial charge < -0.3 is 5.11 Å². The molecule has 1 fully saturated rings. The number of benzene rings is 1. The molecule has 1 aromatic rings. The molecule has 1 N–H and O–H groups in total. The average molecular weight is 239 g/mol. The van der Waals surface area contributed by atoms with Crippen LogP contribution in [0.5, 0.6) is 0 Å². The largest absolute Gasteiger partial charge is 0.393 e. The molecule has 0 amide bonds. The lowest BCUT2D eigenvalue weighted by Gasteiger charge is -2.09. The fraction of sp³-hybridized carbons (Fsp3) is 0.500. The Bertz CT molecular complexity index is 432. The molecule has 0 saturated heterocycles. The van der Waals surface area contributed by atoms with Crippen LogP contribution in [0.15, 0.2) is 18.2 Å². The first-order valence-electron chi connectivity index (χ1n) is 5.69. The van der Waals surface area contributed by atoms with E-state index in [2.05, 4.69) is 0 Å². The van der Waals surface area contributed by atoms with Crippen LogP contribution in [-0.2, 0) is 6.42 Å². The predicted molar refractivity (Wildman–Crippen MR) is 60.1 cm³/mol. The number of hydrogen-bond acceptors (Lipinski definition) is 3. The highest BCUT2D eigenvalue weighted by molar-refractivity contribution is 5.40. The van der Waals surface area contributed by atoms with E-state index in [0.29, 0.717) is 24.3 Å². The summed E-state index contributed by atoms with van der Waals surface area (Å²) in [6.07, 6.45) is 2.41. The molecule has 1 unspecified atom stereocenters. The highest BCUT2D eigenvalue weighted by Crippen LogP contribution is 2.34. The number of aryl methyl sites for hydroxylation is 1. The van der Waals surface area contributed by atoms with Crippen molar-refractivity contribution < 1.29 is 14.4 Å². The van der Waals surface area contributed by atoms with Gasteiger partial charge in [0.25, 0.3) is 5.69 Å². The van der Waals surface area contributed by atoms with E-state index in [1.807, 2.05) is 0 Å². The minimum absolute atomic E-state index is 0.0746. The summed E-state index contributed by atoms with van der Waals surface area (Å²) >= 11 is 0. The van der Waals surface area contributed by atoms with E-state index < -0.39 is 16.8 Å². The molecule has 1 aliphatic carbocycles. The van der Waals surface area contributed by atoms with E-state index in [9.17, 15) is 19.6 Å². The fourth-order valence-electron chi connectivity index (χ4n) is 1.95. The highest BCUT2D eigenvalue weighted by Gasteiger charge is 2.29. The highest BCUT2D eigenvalue weighted by atomic mass is 19.1. The van der Waals surface area contributed by atoms with Crippen molar-refractivity contribution in [3.63, 3.8) is 0 Å². The second-order valence-corrected chi connectivity index (χ2v) is 4.47. The number of hydrogen-bond donors (Lipinski definition) is 1. The average Bonchev–Trinajstić information content (AvgIpc) is 3.09. The van der Waals surface area contributed by atoms with E-state index in [0.717, 1.165) is 18.9 Å². The summed E-state index contributed by atoms with van der Waals surface area (Å²) in [5.41, 5.74) is 0.282. The molecule has 0 spiro atoms. The van der Waals surface area contributed by atoms with Gasteiger partial charge in [-0.1, -0.05) is 0 Å². The molecule has 5 heteroatoms. The van der Waals surface area contributed by atoms with Gasteiger partial charge in [-0.25, -0.2) is 4.39 Å². The third-order valence-corrected chi connectivity index (χ3v) is 3.11. The molecule has 1 atom stereocenters. The first-order chi connectivity index (χ1) is 8.08. The quantitative estimate of drug-likeness (QED) is 0.634. The first-order valence-corrected chi connectivity index (χ1v) is 5.69. The number of aliphatic hydroxyl groups is 1. The monoisotopic (exact) mass is 239 g/mol. The summed E-state index contributed by atoms with van der Waals surface area (Å²) in [6.45, 7) is 0. The van der Waals surface area contributed by atoms with Gasteiger partial charge in [-0.15, -0.1) is 0 Å². The number of rotatable bonds is 5. The SMILES string of the molecule is O=[N+]([O-])c1ccc(F)cc1CCC(O)C1CC1. The molecule has 0 bridgehead atoms. The number of aliphatic hydroxyl groups excluding tert-OH is 1. The van der Waals surface area contributed by atoms with Crippen molar-refractivity contribution in [1.29, 1.82) is 0 Å². The molecule has 0 aliphatic heterocycles. The predicted octanol–water partition coefficient (Wildman–Crippen LogP) is 2.44. The minimum Gasteiger partial charge on any atom is -0.393 e. The summed E-state index contributed by atoms with van der Waals surface area (Å²) in [7, 11) is 0. The zero-order valence-corrected chi connectivity index (χ0v) is 9.30. The normalized spacial score (nSPS) is 16.8. The lowest BCUT2D eigenvalue weighted by Crippen LogP contribution is -2.10. The topological polar surface area (TPSA) is 63.4 Å². The number of nitro groups is 1. The van der Waals surface area contributed by atoms with Gasteiger partial charge in [0.2, 0.25) is 0 Å². The van der Waals surface area contributed by atoms with Crippen LogP contribution in [0, 0.1) is 21.8 Å². The summed E-state index contributed by atoms with van der Waals surface area (Å²) in [6, 6.07) is 3.44. The lowest BCUT2D eigenvalue weighted by atomic mass is 10.0. The maximum atomic E-state index is 13.0. The molecule has 0 radical (unpaired) electrons. The molecule has 1 saturated carbocycles. The van der Waals surface area contributed by atoms with Crippen LogP contribution in [0.1, 0.15) is 24.8 Å². The lowest BCUT2D eigenvalue weighted by molar-refractivity contribution is -0.385. The zero-order valence-electron chi connectivity index (χ0n) is 9.30. The summed E-state index contributed by atoms with van der Waals surface area (Å²) in [5.74, 6) is -0.144. The van der Waals surface area contributed by atoms with Crippen LogP contribution < -0.4 is 0 Å². The summed E-state index contributed by atoms with van der Waals surface area (Å²) in [4.78, 5) is 10.2. The van der Waals surface area contributed by atoms with Gasteiger partial charge in [0.15, 0.2) is 0 Å². The maximum absolute atomic E-state index is 13.0.